The van der Waals surface area contributed by atoms with Gasteiger partial charge in [0.1, 0.15) is 0 Å². The van der Waals surface area contributed by atoms with Crippen molar-refractivity contribution in [3.05, 3.63) is 42.6 Å². The molecule has 0 fully saturated rings. The highest BCUT2D eigenvalue weighted by Gasteiger charge is 2.04. The number of para-hydroxylation sites is 1. The Morgan fingerprint density at radius 1 is 1.15 bits per heavy atom. The fourth-order valence-electron chi connectivity index (χ4n) is 1.32. The first-order chi connectivity index (χ1) is 6.25. The van der Waals surface area contributed by atoms with Gasteiger partial charge in [0.05, 0.1) is 0 Å². The van der Waals surface area contributed by atoms with E-state index in [4.69, 9.17) is 0 Å². The Morgan fingerprint density at radius 3 is 2.23 bits per heavy atom. The van der Waals surface area contributed by atoms with Crippen LogP contribution in [0.5, 0.6) is 0 Å². The molecule has 0 bridgehead atoms. The van der Waals surface area contributed by atoms with Crippen LogP contribution in [0.3, 0.4) is 0 Å². The minimum Gasteiger partial charge on any atom is -0.346 e. The zero-order valence-electron chi connectivity index (χ0n) is 8.57. The van der Waals surface area contributed by atoms with Crippen molar-refractivity contribution in [2.45, 2.75) is 26.8 Å². The van der Waals surface area contributed by atoms with Crippen LogP contribution in [-0.4, -0.2) is 6.04 Å². The van der Waals surface area contributed by atoms with E-state index >= 15 is 0 Å². The molecule has 1 aromatic rings. The second-order valence-electron chi connectivity index (χ2n) is 3.32. The van der Waals surface area contributed by atoms with Crippen LogP contribution < -0.4 is 4.90 Å². The molecule has 0 saturated heterocycles. The summed E-state index contributed by atoms with van der Waals surface area (Å²) < 4.78 is 0. The summed E-state index contributed by atoms with van der Waals surface area (Å²) in [5.41, 5.74) is 1.25. The zero-order valence-corrected chi connectivity index (χ0v) is 8.57. The van der Waals surface area contributed by atoms with Crippen LogP contribution >= 0.6 is 0 Å². The van der Waals surface area contributed by atoms with Gasteiger partial charge in [-0.25, -0.2) is 0 Å². The van der Waals surface area contributed by atoms with E-state index in [9.17, 15) is 0 Å². The Labute approximate surface area is 80.7 Å². The molecule has 0 heterocycles. The van der Waals surface area contributed by atoms with E-state index in [0.717, 1.165) is 0 Å². The van der Waals surface area contributed by atoms with E-state index in [1.165, 1.54) is 5.69 Å². The van der Waals surface area contributed by atoms with Crippen molar-refractivity contribution >= 4 is 5.69 Å². The molecule has 0 amide bonds. The summed E-state index contributed by atoms with van der Waals surface area (Å²) in [6, 6.07) is 10.9. The van der Waals surface area contributed by atoms with Crippen molar-refractivity contribution in [1.82, 2.24) is 0 Å². The van der Waals surface area contributed by atoms with Crippen molar-refractivity contribution in [1.29, 1.82) is 0 Å². The van der Waals surface area contributed by atoms with E-state index in [2.05, 4.69) is 55.3 Å². The van der Waals surface area contributed by atoms with Crippen molar-refractivity contribution in [2.24, 2.45) is 0 Å². The Kier molecular flexibility index (Phi) is 3.56. The summed E-state index contributed by atoms with van der Waals surface area (Å²) in [4.78, 5) is 2.25. The number of allylic oxidation sites excluding steroid dienone is 1. The monoisotopic (exact) mass is 175 g/mol. The van der Waals surface area contributed by atoms with Crippen LogP contribution in [0.2, 0.25) is 0 Å². The summed E-state index contributed by atoms with van der Waals surface area (Å²) >= 11 is 0. The normalized spacial score (nSPS) is 11.1. The van der Waals surface area contributed by atoms with Crippen molar-refractivity contribution < 1.29 is 0 Å². The van der Waals surface area contributed by atoms with Gasteiger partial charge in [-0.05, 0) is 32.9 Å². The summed E-state index contributed by atoms with van der Waals surface area (Å²) in [5, 5.41) is 0. The minimum atomic E-state index is 0.499. The number of benzene rings is 1. The lowest BCUT2D eigenvalue weighted by molar-refractivity contribution is 0.782. The fraction of sp³-hybridized carbons (Fsp3) is 0.333. The first-order valence-electron chi connectivity index (χ1n) is 4.72. The Balaban J connectivity index is 2.89. The summed E-state index contributed by atoms with van der Waals surface area (Å²) in [6.45, 7) is 6.42. The van der Waals surface area contributed by atoms with Gasteiger partial charge >= 0.3 is 0 Å². The number of rotatable bonds is 3. The van der Waals surface area contributed by atoms with Crippen molar-refractivity contribution in [2.75, 3.05) is 4.90 Å². The topological polar surface area (TPSA) is 3.24 Å². The van der Waals surface area contributed by atoms with Crippen LogP contribution in [0.15, 0.2) is 42.6 Å². The molecule has 1 aromatic carbocycles. The Bertz CT molecular complexity index is 262. The van der Waals surface area contributed by atoms with E-state index in [1.807, 2.05) is 13.0 Å². The molecule has 0 spiro atoms. The smallest absolute Gasteiger partial charge is 0.0408 e. The molecule has 0 aliphatic carbocycles. The Hall–Kier alpha value is -1.24. The maximum Gasteiger partial charge on any atom is 0.0408 e. The summed E-state index contributed by atoms with van der Waals surface area (Å²) in [5.74, 6) is 0. The molecule has 0 radical (unpaired) electrons. The molecule has 0 unspecified atom stereocenters. The number of nitrogens with zero attached hydrogens (tertiary/aromatic N) is 1. The number of hydrogen-bond acceptors (Lipinski definition) is 1. The molecular formula is C12H17N. The van der Waals surface area contributed by atoms with Gasteiger partial charge in [0, 0.05) is 17.9 Å². The molecule has 1 heteroatoms. The highest BCUT2D eigenvalue weighted by atomic mass is 15.1. The molecular weight excluding hydrogens is 158 g/mol. The average molecular weight is 175 g/mol. The summed E-state index contributed by atoms with van der Waals surface area (Å²) in [6.07, 6.45) is 4.17. The molecule has 0 aliphatic heterocycles. The standard InChI is InChI=1S/C12H17N/c1-4-10-13(11(2)3)12-8-6-5-7-9-12/h4-11H,1-3H3/b10-4-. The van der Waals surface area contributed by atoms with Gasteiger partial charge in [0.25, 0.3) is 0 Å². The molecule has 0 atom stereocenters. The molecule has 0 aromatic heterocycles. The predicted octanol–water partition coefficient (Wildman–Crippen LogP) is 3.44. The van der Waals surface area contributed by atoms with E-state index in [0.29, 0.717) is 6.04 Å². The van der Waals surface area contributed by atoms with Gasteiger partial charge in [-0.15, -0.1) is 0 Å². The van der Waals surface area contributed by atoms with Gasteiger partial charge < -0.3 is 4.90 Å². The molecule has 13 heavy (non-hydrogen) atoms. The lowest BCUT2D eigenvalue weighted by atomic mass is 10.2. The summed E-state index contributed by atoms with van der Waals surface area (Å²) in [7, 11) is 0. The zero-order chi connectivity index (χ0) is 9.68. The second-order valence-corrected chi connectivity index (χ2v) is 3.32. The molecule has 1 rings (SSSR count). The lowest BCUT2D eigenvalue weighted by Crippen LogP contribution is -2.24. The van der Waals surface area contributed by atoms with Gasteiger partial charge in [0.2, 0.25) is 0 Å². The molecule has 0 saturated carbocycles. The third kappa shape index (κ3) is 2.62. The highest BCUT2D eigenvalue weighted by molar-refractivity contribution is 5.49. The van der Waals surface area contributed by atoms with Crippen LogP contribution in [0.4, 0.5) is 5.69 Å². The average Bonchev–Trinajstić information content (AvgIpc) is 2.15. The first kappa shape index (κ1) is 9.85. The SMILES string of the molecule is C/C=C\N(c1ccccc1)C(C)C. The Morgan fingerprint density at radius 2 is 1.77 bits per heavy atom. The van der Waals surface area contributed by atoms with Gasteiger partial charge in [-0.1, -0.05) is 24.3 Å². The minimum absolute atomic E-state index is 0.499. The first-order valence-corrected chi connectivity index (χ1v) is 4.72. The molecule has 70 valence electrons. The molecule has 0 aliphatic rings. The fourth-order valence-corrected chi connectivity index (χ4v) is 1.32. The highest BCUT2D eigenvalue weighted by Crippen LogP contribution is 2.16. The predicted molar refractivity (Wildman–Crippen MR) is 58.9 cm³/mol. The van der Waals surface area contributed by atoms with Crippen molar-refractivity contribution in [3.63, 3.8) is 0 Å². The molecule has 0 N–H and O–H groups in total. The maximum atomic E-state index is 2.25. The largest absolute Gasteiger partial charge is 0.346 e. The van der Waals surface area contributed by atoms with E-state index in [1.54, 1.807) is 0 Å². The number of anilines is 1. The quantitative estimate of drug-likeness (QED) is 0.680. The third-order valence-electron chi connectivity index (χ3n) is 1.92. The van der Waals surface area contributed by atoms with E-state index in [-0.39, 0.29) is 0 Å². The van der Waals surface area contributed by atoms with Crippen LogP contribution in [0.1, 0.15) is 20.8 Å². The second kappa shape index (κ2) is 4.70. The third-order valence-corrected chi connectivity index (χ3v) is 1.92. The maximum absolute atomic E-state index is 2.25. The van der Waals surface area contributed by atoms with Crippen LogP contribution in [0, 0.1) is 0 Å². The van der Waals surface area contributed by atoms with E-state index < -0.39 is 0 Å². The molecule has 1 nitrogen and oxygen atoms in total. The number of hydrogen-bond donors (Lipinski definition) is 0. The van der Waals surface area contributed by atoms with Crippen LogP contribution in [-0.2, 0) is 0 Å². The van der Waals surface area contributed by atoms with Gasteiger partial charge in [-0.2, -0.15) is 0 Å². The van der Waals surface area contributed by atoms with Crippen molar-refractivity contribution in [3.8, 4) is 0 Å². The van der Waals surface area contributed by atoms with Gasteiger partial charge in [0.15, 0.2) is 0 Å². The van der Waals surface area contributed by atoms with Gasteiger partial charge in [-0.3, -0.25) is 0 Å². The lowest BCUT2D eigenvalue weighted by Gasteiger charge is -2.24. The van der Waals surface area contributed by atoms with Crippen LogP contribution in [0.25, 0.3) is 0 Å².